The lowest BCUT2D eigenvalue weighted by Crippen LogP contribution is -2.16. The third kappa shape index (κ3) is 3.78. The molecule has 0 atom stereocenters. The van der Waals surface area contributed by atoms with Crippen LogP contribution >= 0.6 is 0 Å². The Hall–Kier alpha value is -1.95. The number of para-hydroxylation sites is 1. The number of hydrogen-bond donors (Lipinski definition) is 2. The Morgan fingerprint density at radius 3 is 2.90 bits per heavy atom. The predicted octanol–water partition coefficient (Wildman–Crippen LogP) is 3.18. The van der Waals surface area contributed by atoms with Gasteiger partial charge in [0.1, 0.15) is 11.6 Å². The molecule has 0 spiro atoms. The van der Waals surface area contributed by atoms with E-state index in [9.17, 15) is 8.78 Å². The fourth-order valence-electron chi connectivity index (χ4n) is 2.19. The van der Waals surface area contributed by atoms with Crippen LogP contribution < -0.4 is 10.1 Å². The molecule has 2 aromatic rings. The Bertz CT molecular complexity index is 596. The fraction of sp³-hybridized carbons (Fsp3) is 0.400. The van der Waals surface area contributed by atoms with E-state index >= 15 is 0 Å². The first-order valence-corrected chi connectivity index (χ1v) is 7.01. The molecule has 1 aliphatic carbocycles. The molecule has 0 saturated heterocycles. The Labute approximate surface area is 121 Å². The van der Waals surface area contributed by atoms with Crippen molar-refractivity contribution in [3.8, 4) is 17.0 Å². The molecule has 1 saturated carbocycles. The standard InChI is InChI=1S/C15H17F2N3O/c16-15(17)21-13-4-2-1-3-11(13)12-8-19-14(20-12)9-18-7-10-5-6-10/h1-4,8,10,15,18H,5-7,9H2,(H,19,20). The Morgan fingerprint density at radius 2 is 2.14 bits per heavy atom. The molecule has 1 aromatic heterocycles. The Balaban J connectivity index is 1.69. The number of aromatic nitrogens is 2. The molecule has 1 aromatic carbocycles. The van der Waals surface area contributed by atoms with Crippen LogP contribution in [0.5, 0.6) is 5.75 Å². The van der Waals surface area contributed by atoms with Gasteiger partial charge >= 0.3 is 6.61 Å². The van der Waals surface area contributed by atoms with E-state index in [1.54, 1.807) is 24.4 Å². The number of alkyl halides is 2. The van der Waals surface area contributed by atoms with Crippen LogP contribution in [-0.2, 0) is 6.54 Å². The second kappa shape index (κ2) is 6.22. The van der Waals surface area contributed by atoms with E-state index in [0.29, 0.717) is 17.8 Å². The van der Waals surface area contributed by atoms with Gasteiger partial charge in [0.05, 0.1) is 18.4 Å². The zero-order valence-corrected chi connectivity index (χ0v) is 11.5. The van der Waals surface area contributed by atoms with E-state index in [0.717, 1.165) is 18.3 Å². The van der Waals surface area contributed by atoms with Crippen LogP contribution in [0.15, 0.2) is 30.5 Å². The highest BCUT2D eigenvalue weighted by Gasteiger charge is 2.20. The predicted molar refractivity (Wildman–Crippen MR) is 75.1 cm³/mol. The lowest BCUT2D eigenvalue weighted by Gasteiger charge is -2.08. The van der Waals surface area contributed by atoms with Crippen molar-refractivity contribution >= 4 is 0 Å². The molecule has 1 heterocycles. The first-order valence-electron chi connectivity index (χ1n) is 7.01. The summed E-state index contributed by atoms with van der Waals surface area (Å²) >= 11 is 0. The summed E-state index contributed by atoms with van der Waals surface area (Å²) in [5.74, 6) is 1.74. The van der Waals surface area contributed by atoms with Crippen LogP contribution in [0.2, 0.25) is 0 Å². The van der Waals surface area contributed by atoms with Gasteiger partial charge in [-0.3, -0.25) is 0 Å². The second-order valence-electron chi connectivity index (χ2n) is 5.19. The minimum Gasteiger partial charge on any atom is -0.434 e. The molecule has 3 rings (SSSR count). The van der Waals surface area contributed by atoms with E-state index in [2.05, 4.69) is 20.0 Å². The number of rotatable bonds is 7. The number of aromatic amines is 1. The largest absolute Gasteiger partial charge is 0.434 e. The van der Waals surface area contributed by atoms with Crippen LogP contribution in [0.4, 0.5) is 8.78 Å². The molecule has 1 fully saturated rings. The van der Waals surface area contributed by atoms with E-state index in [-0.39, 0.29) is 5.75 Å². The molecule has 1 aliphatic rings. The Kier molecular flexibility index (Phi) is 4.15. The number of nitrogens with one attached hydrogen (secondary N) is 2. The number of imidazole rings is 1. The minimum atomic E-state index is -2.84. The maximum absolute atomic E-state index is 12.4. The molecule has 112 valence electrons. The smallest absolute Gasteiger partial charge is 0.387 e. The summed E-state index contributed by atoms with van der Waals surface area (Å²) in [4.78, 5) is 7.41. The number of benzene rings is 1. The van der Waals surface area contributed by atoms with Gasteiger partial charge in [0.2, 0.25) is 0 Å². The highest BCUT2D eigenvalue weighted by atomic mass is 19.3. The third-order valence-electron chi connectivity index (χ3n) is 3.44. The van der Waals surface area contributed by atoms with Gasteiger partial charge in [0.15, 0.2) is 0 Å². The zero-order valence-electron chi connectivity index (χ0n) is 11.5. The van der Waals surface area contributed by atoms with Gasteiger partial charge in [-0.25, -0.2) is 4.98 Å². The van der Waals surface area contributed by atoms with Gasteiger partial charge in [0, 0.05) is 5.56 Å². The molecule has 4 nitrogen and oxygen atoms in total. The molecule has 2 N–H and O–H groups in total. The molecule has 21 heavy (non-hydrogen) atoms. The van der Waals surface area contributed by atoms with Gasteiger partial charge in [-0.05, 0) is 37.4 Å². The summed E-state index contributed by atoms with van der Waals surface area (Å²) < 4.78 is 29.4. The number of halogens is 2. The molecule has 0 bridgehead atoms. The summed E-state index contributed by atoms with van der Waals surface area (Å²) in [7, 11) is 0. The van der Waals surface area contributed by atoms with Crippen molar-refractivity contribution in [3.05, 3.63) is 36.3 Å². The first kappa shape index (κ1) is 14.0. The maximum Gasteiger partial charge on any atom is 0.387 e. The topological polar surface area (TPSA) is 49.9 Å². The molecular formula is C15H17F2N3O. The third-order valence-corrected chi connectivity index (χ3v) is 3.44. The SMILES string of the molecule is FC(F)Oc1ccccc1-c1cnc(CNCC2CC2)[nH]1. The van der Waals surface area contributed by atoms with E-state index < -0.39 is 6.61 Å². The van der Waals surface area contributed by atoms with Crippen LogP contribution in [0.25, 0.3) is 11.3 Å². The van der Waals surface area contributed by atoms with Gasteiger partial charge in [0.25, 0.3) is 0 Å². The van der Waals surface area contributed by atoms with E-state index in [4.69, 9.17) is 0 Å². The van der Waals surface area contributed by atoms with Crippen molar-refractivity contribution in [3.63, 3.8) is 0 Å². The average molecular weight is 293 g/mol. The highest BCUT2D eigenvalue weighted by molar-refractivity contribution is 5.66. The van der Waals surface area contributed by atoms with Gasteiger partial charge in [-0.1, -0.05) is 12.1 Å². The lowest BCUT2D eigenvalue weighted by atomic mass is 10.1. The van der Waals surface area contributed by atoms with Crippen LogP contribution in [0, 0.1) is 5.92 Å². The summed E-state index contributed by atoms with van der Waals surface area (Å²) in [6.45, 7) is -1.19. The van der Waals surface area contributed by atoms with Gasteiger partial charge < -0.3 is 15.0 Å². The van der Waals surface area contributed by atoms with Crippen molar-refractivity contribution in [1.29, 1.82) is 0 Å². The summed E-state index contributed by atoms with van der Waals surface area (Å²) in [6.07, 6.45) is 4.24. The average Bonchev–Trinajstić information content (AvgIpc) is 3.16. The van der Waals surface area contributed by atoms with Crippen LogP contribution in [0.3, 0.4) is 0 Å². The summed E-state index contributed by atoms with van der Waals surface area (Å²) in [5, 5.41) is 3.33. The monoisotopic (exact) mass is 293 g/mol. The highest BCUT2D eigenvalue weighted by Crippen LogP contribution is 2.30. The normalized spacial score (nSPS) is 14.6. The van der Waals surface area contributed by atoms with E-state index in [1.807, 2.05) is 0 Å². The second-order valence-corrected chi connectivity index (χ2v) is 5.19. The van der Waals surface area contributed by atoms with E-state index in [1.165, 1.54) is 18.9 Å². The Morgan fingerprint density at radius 1 is 1.33 bits per heavy atom. The molecule has 6 heteroatoms. The quantitative estimate of drug-likeness (QED) is 0.824. The molecule has 0 aliphatic heterocycles. The summed E-state index contributed by atoms with van der Waals surface area (Å²) in [6, 6.07) is 6.69. The number of nitrogens with zero attached hydrogens (tertiary/aromatic N) is 1. The summed E-state index contributed by atoms with van der Waals surface area (Å²) in [5.41, 5.74) is 1.26. The minimum absolute atomic E-state index is 0.147. The molecule has 0 amide bonds. The van der Waals surface area contributed by atoms with Crippen LogP contribution in [0.1, 0.15) is 18.7 Å². The van der Waals surface area contributed by atoms with Crippen molar-refractivity contribution in [2.45, 2.75) is 26.0 Å². The number of hydrogen-bond acceptors (Lipinski definition) is 3. The lowest BCUT2D eigenvalue weighted by molar-refractivity contribution is -0.0494. The van der Waals surface area contributed by atoms with Crippen LogP contribution in [-0.4, -0.2) is 23.1 Å². The van der Waals surface area contributed by atoms with Crippen molar-refractivity contribution in [1.82, 2.24) is 15.3 Å². The first-order chi connectivity index (χ1) is 10.2. The van der Waals surface area contributed by atoms with Crippen molar-refractivity contribution in [2.75, 3.05) is 6.54 Å². The zero-order chi connectivity index (χ0) is 14.7. The molecule has 0 radical (unpaired) electrons. The van der Waals surface area contributed by atoms with Crippen molar-refractivity contribution in [2.24, 2.45) is 5.92 Å². The van der Waals surface area contributed by atoms with Gasteiger partial charge in [-0.15, -0.1) is 0 Å². The molecule has 0 unspecified atom stereocenters. The van der Waals surface area contributed by atoms with Crippen molar-refractivity contribution < 1.29 is 13.5 Å². The number of ether oxygens (including phenoxy) is 1. The maximum atomic E-state index is 12.4. The molecular weight excluding hydrogens is 276 g/mol. The number of H-pyrrole nitrogens is 1. The fourth-order valence-corrected chi connectivity index (χ4v) is 2.19. The van der Waals surface area contributed by atoms with Gasteiger partial charge in [-0.2, -0.15) is 8.78 Å².